The lowest BCUT2D eigenvalue weighted by molar-refractivity contribution is -0.148. The van der Waals surface area contributed by atoms with E-state index in [1.165, 1.54) is 11.8 Å². The van der Waals surface area contributed by atoms with Crippen molar-refractivity contribution in [2.45, 2.75) is 25.5 Å². The van der Waals surface area contributed by atoms with Crippen LogP contribution in [0.5, 0.6) is 5.75 Å². The van der Waals surface area contributed by atoms with Crippen LogP contribution in [0.2, 0.25) is 0 Å². The summed E-state index contributed by atoms with van der Waals surface area (Å²) in [5, 5.41) is 19.8. The molecule has 0 aliphatic rings. The highest BCUT2D eigenvalue weighted by molar-refractivity contribution is 5.84. The molecule has 0 aliphatic carbocycles. The van der Waals surface area contributed by atoms with Gasteiger partial charge < -0.3 is 15.1 Å². The molecule has 1 amide bonds. The van der Waals surface area contributed by atoms with E-state index in [0.717, 1.165) is 11.1 Å². The number of aliphatic hydroxyl groups is 1. The number of likely N-dealkylation sites (N-methyl/N-ethyl adjacent to an activating group) is 1. The van der Waals surface area contributed by atoms with Gasteiger partial charge in [0.25, 0.3) is 5.91 Å². The van der Waals surface area contributed by atoms with Gasteiger partial charge in [-0.15, -0.1) is 0 Å². The summed E-state index contributed by atoms with van der Waals surface area (Å²) in [6.45, 7) is 1.92. The molecule has 4 heteroatoms. The van der Waals surface area contributed by atoms with Crippen molar-refractivity contribution in [1.29, 1.82) is 0 Å². The zero-order chi connectivity index (χ0) is 16.2. The van der Waals surface area contributed by atoms with E-state index in [9.17, 15) is 15.0 Å². The van der Waals surface area contributed by atoms with Crippen LogP contribution >= 0.6 is 0 Å². The van der Waals surface area contributed by atoms with Crippen LogP contribution in [0, 0.1) is 0 Å². The Hall–Kier alpha value is -2.33. The second-order valence-corrected chi connectivity index (χ2v) is 5.76. The summed E-state index contributed by atoms with van der Waals surface area (Å²) >= 11 is 0. The second-order valence-electron chi connectivity index (χ2n) is 5.76. The van der Waals surface area contributed by atoms with E-state index in [0.29, 0.717) is 6.54 Å². The minimum atomic E-state index is -1.45. The zero-order valence-corrected chi connectivity index (χ0v) is 12.9. The van der Waals surface area contributed by atoms with E-state index in [1.54, 1.807) is 31.3 Å². The molecule has 0 aromatic heterocycles. The molecule has 2 aromatic carbocycles. The Balaban J connectivity index is 2.03. The fourth-order valence-corrected chi connectivity index (χ4v) is 2.43. The van der Waals surface area contributed by atoms with Gasteiger partial charge in [-0.25, -0.2) is 0 Å². The first-order chi connectivity index (χ1) is 10.4. The molecule has 116 valence electrons. The van der Waals surface area contributed by atoms with Crippen molar-refractivity contribution in [2.24, 2.45) is 0 Å². The normalized spacial score (nSPS) is 13.4. The molecule has 1 atom stereocenters. The Morgan fingerprint density at radius 1 is 1.05 bits per heavy atom. The lowest BCUT2D eigenvalue weighted by Crippen LogP contribution is -2.46. The van der Waals surface area contributed by atoms with Crippen molar-refractivity contribution in [3.63, 3.8) is 0 Å². The van der Waals surface area contributed by atoms with Gasteiger partial charge in [0, 0.05) is 20.0 Å². The maximum atomic E-state index is 12.5. The standard InChI is InChI=1S/C18H21NO3/c1-18(22,12-14-6-4-3-5-7-14)17(21)19(2)13-15-8-10-16(20)11-9-15/h3-11,20,22H,12-13H2,1-2H3. The third kappa shape index (κ3) is 4.09. The van der Waals surface area contributed by atoms with Crippen molar-refractivity contribution < 1.29 is 15.0 Å². The summed E-state index contributed by atoms with van der Waals surface area (Å²) in [5.74, 6) is -0.141. The molecule has 0 aliphatic heterocycles. The van der Waals surface area contributed by atoms with Crippen molar-refractivity contribution >= 4 is 5.91 Å². The second kappa shape index (κ2) is 6.62. The minimum absolute atomic E-state index is 0.189. The van der Waals surface area contributed by atoms with Crippen LogP contribution in [0.15, 0.2) is 54.6 Å². The van der Waals surface area contributed by atoms with Gasteiger partial charge in [0.15, 0.2) is 0 Å². The van der Waals surface area contributed by atoms with Crippen molar-refractivity contribution in [3.8, 4) is 5.75 Å². The number of hydrogen-bond acceptors (Lipinski definition) is 3. The van der Waals surface area contributed by atoms with E-state index >= 15 is 0 Å². The quantitative estimate of drug-likeness (QED) is 0.891. The van der Waals surface area contributed by atoms with Gasteiger partial charge in [-0.3, -0.25) is 4.79 Å². The molecule has 22 heavy (non-hydrogen) atoms. The SMILES string of the molecule is CN(Cc1ccc(O)cc1)C(=O)C(C)(O)Cc1ccccc1. The smallest absolute Gasteiger partial charge is 0.254 e. The Kier molecular flexibility index (Phi) is 4.83. The van der Waals surface area contributed by atoms with Gasteiger partial charge in [0.05, 0.1) is 0 Å². The third-order valence-electron chi connectivity index (χ3n) is 3.55. The molecular formula is C18H21NO3. The van der Waals surface area contributed by atoms with Crippen LogP contribution in [0.4, 0.5) is 0 Å². The van der Waals surface area contributed by atoms with Crippen LogP contribution in [0.25, 0.3) is 0 Å². The highest BCUT2D eigenvalue weighted by Crippen LogP contribution is 2.18. The molecule has 0 saturated heterocycles. The fraction of sp³-hybridized carbons (Fsp3) is 0.278. The lowest BCUT2D eigenvalue weighted by Gasteiger charge is -2.28. The molecule has 0 fully saturated rings. The van der Waals surface area contributed by atoms with E-state index in [4.69, 9.17) is 0 Å². The third-order valence-corrected chi connectivity index (χ3v) is 3.55. The molecular weight excluding hydrogens is 278 g/mol. The van der Waals surface area contributed by atoms with Crippen molar-refractivity contribution in [3.05, 3.63) is 65.7 Å². The van der Waals surface area contributed by atoms with Gasteiger partial charge in [-0.2, -0.15) is 0 Å². The Morgan fingerprint density at radius 2 is 1.64 bits per heavy atom. The summed E-state index contributed by atoms with van der Waals surface area (Å²) in [5.41, 5.74) is 0.357. The number of aromatic hydroxyl groups is 1. The summed E-state index contributed by atoms with van der Waals surface area (Å²) in [7, 11) is 1.66. The molecule has 0 spiro atoms. The molecule has 0 radical (unpaired) electrons. The first kappa shape index (κ1) is 16.0. The number of nitrogens with zero attached hydrogens (tertiary/aromatic N) is 1. The number of carbonyl (C=O) groups is 1. The summed E-state index contributed by atoms with van der Waals surface area (Å²) < 4.78 is 0. The Morgan fingerprint density at radius 3 is 2.23 bits per heavy atom. The zero-order valence-electron chi connectivity index (χ0n) is 12.9. The first-order valence-electron chi connectivity index (χ1n) is 7.18. The van der Waals surface area contributed by atoms with E-state index in [2.05, 4.69) is 0 Å². The largest absolute Gasteiger partial charge is 0.508 e. The molecule has 0 bridgehead atoms. The van der Waals surface area contributed by atoms with E-state index in [-0.39, 0.29) is 18.1 Å². The average Bonchev–Trinajstić information content (AvgIpc) is 2.49. The molecule has 2 N–H and O–H groups in total. The number of rotatable bonds is 5. The van der Waals surface area contributed by atoms with Crippen LogP contribution in [-0.4, -0.2) is 33.7 Å². The van der Waals surface area contributed by atoms with E-state index < -0.39 is 5.60 Å². The number of hydrogen-bond donors (Lipinski definition) is 2. The van der Waals surface area contributed by atoms with Gasteiger partial charge in [-0.05, 0) is 30.2 Å². The number of benzene rings is 2. The van der Waals surface area contributed by atoms with Gasteiger partial charge in [-0.1, -0.05) is 42.5 Å². The lowest BCUT2D eigenvalue weighted by atomic mass is 9.95. The average molecular weight is 299 g/mol. The summed E-state index contributed by atoms with van der Waals surface area (Å²) in [6, 6.07) is 16.1. The minimum Gasteiger partial charge on any atom is -0.508 e. The number of amides is 1. The highest BCUT2D eigenvalue weighted by Gasteiger charge is 2.33. The van der Waals surface area contributed by atoms with Gasteiger partial charge in [0.2, 0.25) is 0 Å². The Labute approximate surface area is 130 Å². The summed E-state index contributed by atoms with van der Waals surface area (Å²) in [4.78, 5) is 14.0. The molecule has 2 aromatic rings. The molecule has 1 unspecified atom stereocenters. The fourth-order valence-electron chi connectivity index (χ4n) is 2.43. The predicted octanol–water partition coefficient (Wildman–Crippen LogP) is 2.34. The number of phenols is 1. The predicted molar refractivity (Wildman–Crippen MR) is 85.4 cm³/mol. The van der Waals surface area contributed by atoms with Crippen LogP contribution < -0.4 is 0 Å². The van der Waals surface area contributed by atoms with Crippen LogP contribution in [-0.2, 0) is 17.8 Å². The monoisotopic (exact) mass is 299 g/mol. The maximum absolute atomic E-state index is 12.5. The number of phenolic OH excluding ortho intramolecular Hbond substituents is 1. The topological polar surface area (TPSA) is 60.8 Å². The van der Waals surface area contributed by atoms with Gasteiger partial charge >= 0.3 is 0 Å². The van der Waals surface area contributed by atoms with Crippen molar-refractivity contribution in [2.75, 3.05) is 7.05 Å². The van der Waals surface area contributed by atoms with Crippen molar-refractivity contribution in [1.82, 2.24) is 4.90 Å². The van der Waals surface area contributed by atoms with Crippen LogP contribution in [0.3, 0.4) is 0 Å². The van der Waals surface area contributed by atoms with E-state index in [1.807, 2.05) is 30.3 Å². The maximum Gasteiger partial charge on any atom is 0.254 e. The summed E-state index contributed by atoms with van der Waals surface area (Å²) in [6.07, 6.45) is 0.270. The van der Waals surface area contributed by atoms with Gasteiger partial charge in [0.1, 0.15) is 11.4 Å². The first-order valence-corrected chi connectivity index (χ1v) is 7.18. The number of carbonyl (C=O) groups excluding carboxylic acids is 1. The van der Waals surface area contributed by atoms with Crippen LogP contribution in [0.1, 0.15) is 18.1 Å². The highest BCUT2D eigenvalue weighted by atomic mass is 16.3. The molecule has 4 nitrogen and oxygen atoms in total. The molecule has 0 heterocycles. The molecule has 0 saturated carbocycles. The molecule has 2 rings (SSSR count). The Bertz CT molecular complexity index is 621.